The average molecular weight is 1000 g/mol. The van der Waals surface area contributed by atoms with E-state index in [1.165, 1.54) is 128 Å². The van der Waals surface area contributed by atoms with Crippen LogP contribution in [-0.2, 0) is 23.8 Å². The highest BCUT2D eigenvalue weighted by Crippen LogP contribution is 2.23. The molecule has 0 saturated carbocycles. The van der Waals surface area contributed by atoms with Crippen LogP contribution in [-0.4, -0.2) is 100 Å². The van der Waals surface area contributed by atoms with Gasteiger partial charge in [-0.25, -0.2) is 0 Å². The Kier molecular flexibility index (Phi) is 46.3. The van der Waals surface area contributed by atoms with E-state index >= 15 is 0 Å². The van der Waals surface area contributed by atoms with Crippen LogP contribution in [0.3, 0.4) is 0 Å². The van der Waals surface area contributed by atoms with Gasteiger partial charge >= 0.3 is 5.97 Å². The molecule has 11 heteroatoms. The van der Waals surface area contributed by atoms with Crippen molar-refractivity contribution in [1.29, 1.82) is 0 Å². The molecule has 0 bridgehead atoms. The van der Waals surface area contributed by atoms with Crippen molar-refractivity contribution in [2.24, 2.45) is 0 Å². The number of unbranched alkanes of at least 4 members (excludes halogenated alkanes) is 28. The van der Waals surface area contributed by atoms with Crippen molar-refractivity contribution in [3.8, 4) is 0 Å². The molecular weight excluding hydrogens is 895 g/mol. The van der Waals surface area contributed by atoms with Crippen LogP contribution in [0.2, 0.25) is 0 Å². The summed E-state index contributed by atoms with van der Waals surface area (Å²) < 4.78 is 16.6. The Morgan fingerprint density at radius 1 is 0.521 bits per heavy atom. The number of amides is 1. The molecule has 0 aromatic carbocycles. The molecule has 1 heterocycles. The molecule has 0 spiro atoms. The Bertz CT molecular complexity index is 1360. The quantitative estimate of drug-likeness (QED) is 0.0149. The molecule has 0 radical (unpaired) electrons. The fourth-order valence-electron chi connectivity index (χ4n) is 8.66. The van der Waals surface area contributed by atoms with Gasteiger partial charge in [0, 0.05) is 12.8 Å². The number of hydrogen-bond acceptors (Lipinski definition) is 10. The fraction of sp³-hybridized carbons (Fsp3) is 0.800. The van der Waals surface area contributed by atoms with Gasteiger partial charge in [0.2, 0.25) is 5.91 Å². The first-order valence-electron chi connectivity index (χ1n) is 29.1. The first-order valence-corrected chi connectivity index (χ1v) is 29.1. The van der Waals surface area contributed by atoms with Crippen LogP contribution < -0.4 is 5.32 Å². The van der Waals surface area contributed by atoms with E-state index in [2.05, 4.69) is 67.8 Å². The highest BCUT2D eigenvalue weighted by atomic mass is 16.7. The number of carbonyl (C=O) groups is 2. The summed E-state index contributed by atoms with van der Waals surface area (Å²) in [6, 6.07) is -0.836. The van der Waals surface area contributed by atoms with Gasteiger partial charge in [-0.15, -0.1) is 0 Å². The molecule has 1 aliphatic heterocycles. The molecule has 0 aromatic rings. The second-order valence-corrected chi connectivity index (χ2v) is 20.0. The lowest BCUT2D eigenvalue weighted by atomic mass is 9.99. The van der Waals surface area contributed by atoms with Crippen LogP contribution in [0, 0.1) is 0 Å². The molecule has 71 heavy (non-hydrogen) atoms. The summed E-state index contributed by atoms with van der Waals surface area (Å²) in [5.41, 5.74) is 0. The van der Waals surface area contributed by atoms with Gasteiger partial charge in [-0.3, -0.25) is 9.59 Å². The summed E-state index contributed by atoms with van der Waals surface area (Å²) >= 11 is 0. The van der Waals surface area contributed by atoms with Crippen LogP contribution in [0.25, 0.3) is 0 Å². The minimum absolute atomic E-state index is 0.0408. The first kappa shape index (κ1) is 66.4. The second-order valence-electron chi connectivity index (χ2n) is 20.0. The monoisotopic (exact) mass is 1000 g/mol. The smallest absolute Gasteiger partial charge is 0.305 e. The first-order chi connectivity index (χ1) is 34.7. The number of allylic oxidation sites excluding steroid dienone is 9. The third kappa shape index (κ3) is 39.5. The van der Waals surface area contributed by atoms with Gasteiger partial charge in [0.1, 0.15) is 24.4 Å². The number of esters is 1. The van der Waals surface area contributed by atoms with Gasteiger partial charge in [0.05, 0.1) is 32.0 Å². The van der Waals surface area contributed by atoms with Crippen molar-refractivity contribution in [2.45, 2.75) is 288 Å². The van der Waals surface area contributed by atoms with Crippen LogP contribution in [0.1, 0.15) is 245 Å². The largest absolute Gasteiger partial charge is 0.466 e. The third-order valence-corrected chi connectivity index (χ3v) is 13.4. The predicted molar refractivity (Wildman–Crippen MR) is 292 cm³/mol. The topological polar surface area (TPSA) is 175 Å². The van der Waals surface area contributed by atoms with Crippen molar-refractivity contribution in [3.05, 3.63) is 60.8 Å². The molecule has 7 atom stereocenters. The summed E-state index contributed by atoms with van der Waals surface area (Å²) in [4.78, 5) is 25.0. The van der Waals surface area contributed by atoms with Crippen LogP contribution >= 0.6 is 0 Å². The van der Waals surface area contributed by atoms with E-state index in [0.29, 0.717) is 19.4 Å². The third-order valence-electron chi connectivity index (χ3n) is 13.4. The Balaban J connectivity index is 2.15. The molecular formula is C60H107NO10. The number of rotatable bonds is 49. The molecule has 1 amide bonds. The number of aliphatic hydroxyl groups excluding tert-OH is 5. The standard InChI is InChI=1S/C60H107NO10/c1-3-5-7-9-11-13-15-23-27-30-34-38-42-46-53(63)52(51-70-60-59(68)58(67)57(66)54(50-62)71-60)61-55(64)47-43-39-35-31-28-24-21-19-17-16-18-20-22-25-29-33-37-41-45-49-69-56(65)48-44-40-36-32-26-14-12-10-8-6-4-2/h10,12,20,22,25,27,29-30,42,46,52-54,57-60,62-63,66-68H,3-9,11,13-19,21,23-24,26,28,31-41,43-45,47-51H2,1-2H3,(H,61,64)/b12-10-,22-20-,29-25-,30-27+,46-42+. The summed E-state index contributed by atoms with van der Waals surface area (Å²) in [5, 5.41) is 54.3. The minimum atomic E-state index is -1.58. The molecule has 1 aliphatic rings. The molecule has 11 nitrogen and oxygen atoms in total. The molecule has 1 rings (SSSR count). The van der Waals surface area contributed by atoms with Crippen LogP contribution in [0.15, 0.2) is 60.8 Å². The number of aliphatic hydroxyl groups is 5. The van der Waals surface area contributed by atoms with Crippen LogP contribution in [0.5, 0.6) is 0 Å². The molecule has 412 valence electrons. The predicted octanol–water partition coefficient (Wildman–Crippen LogP) is 13.1. The van der Waals surface area contributed by atoms with Crippen molar-refractivity contribution in [2.75, 3.05) is 19.8 Å². The number of carbonyl (C=O) groups excluding carboxylic acids is 2. The van der Waals surface area contributed by atoms with E-state index in [-0.39, 0.29) is 18.5 Å². The van der Waals surface area contributed by atoms with Crippen molar-refractivity contribution in [3.63, 3.8) is 0 Å². The zero-order valence-electron chi connectivity index (χ0n) is 45.2. The van der Waals surface area contributed by atoms with E-state index < -0.39 is 49.5 Å². The highest BCUT2D eigenvalue weighted by Gasteiger charge is 2.44. The van der Waals surface area contributed by atoms with Gasteiger partial charge in [-0.1, -0.05) is 197 Å². The molecule has 1 fully saturated rings. The summed E-state index contributed by atoms with van der Waals surface area (Å²) in [7, 11) is 0. The maximum absolute atomic E-state index is 13.0. The lowest BCUT2D eigenvalue weighted by Gasteiger charge is -2.40. The molecule has 0 aliphatic carbocycles. The molecule has 6 N–H and O–H groups in total. The van der Waals surface area contributed by atoms with E-state index in [1.54, 1.807) is 6.08 Å². The SMILES string of the molecule is CCCC/C=C\CCCCCCCC(=O)OCCCCC/C=C\C=C/CCCCCCCCCCCCC(=O)NC(COC1OC(CO)C(O)C(O)C1O)C(O)/C=C/CC/C=C/CCCCCCCCC. The fourth-order valence-corrected chi connectivity index (χ4v) is 8.66. The Hall–Kier alpha value is -2.64. The van der Waals surface area contributed by atoms with E-state index in [0.717, 1.165) is 89.9 Å². The Morgan fingerprint density at radius 3 is 1.52 bits per heavy atom. The highest BCUT2D eigenvalue weighted by molar-refractivity contribution is 5.76. The summed E-state index contributed by atoms with van der Waals surface area (Å²) in [6.07, 6.45) is 53.1. The molecule has 7 unspecified atom stereocenters. The maximum Gasteiger partial charge on any atom is 0.305 e. The van der Waals surface area contributed by atoms with Crippen molar-refractivity contribution in [1.82, 2.24) is 5.32 Å². The minimum Gasteiger partial charge on any atom is -0.466 e. The summed E-state index contributed by atoms with van der Waals surface area (Å²) in [6.45, 7) is 4.22. The van der Waals surface area contributed by atoms with E-state index in [1.807, 2.05) is 6.08 Å². The lowest BCUT2D eigenvalue weighted by molar-refractivity contribution is -0.302. The lowest BCUT2D eigenvalue weighted by Crippen LogP contribution is -2.60. The van der Waals surface area contributed by atoms with E-state index in [9.17, 15) is 35.1 Å². The normalized spacial score (nSPS) is 19.6. The number of hydrogen-bond donors (Lipinski definition) is 6. The summed E-state index contributed by atoms with van der Waals surface area (Å²) in [5.74, 6) is -0.244. The number of nitrogens with one attached hydrogen (secondary N) is 1. The van der Waals surface area contributed by atoms with Gasteiger partial charge in [-0.2, -0.15) is 0 Å². The van der Waals surface area contributed by atoms with Crippen LogP contribution in [0.4, 0.5) is 0 Å². The maximum atomic E-state index is 13.0. The zero-order valence-corrected chi connectivity index (χ0v) is 45.2. The van der Waals surface area contributed by atoms with Crippen molar-refractivity contribution < 1.29 is 49.3 Å². The second kappa shape index (κ2) is 49.6. The van der Waals surface area contributed by atoms with Gasteiger partial charge in [-0.05, 0) is 96.3 Å². The Labute approximate surface area is 433 Å². The average Bonchev–Trinajstić information content (AvgIpc) is 3.37. The molecule has 1 saturated heterocycles. The zero-order chi connectivity index (χ0) is 51.7. The Morgan fingerprint density at radius 2 is 0.972 bits per heavy atom. The van der Waals surface area contributed by atoms with Gasteiger partial charge < -0.3 is 45.1 Å². The van der Waals surface area contributed by atoms with Crippen molar-refractivity contribution >= 4 is 11.9 Å². The number of ether oxygens (including phenoxy) is 3. The van der Waals surface area contributed by atoms with Gasteiger partial charge in [0.25, 0.3) is 0 Å². The van der Waals surface area contributed by atoms with Gasteiger partial charge in [0.15, 0.2) is 6.29 Å². The molecule has 0 aromatic heterocycles. The van der Waals surface area contributed by atoms with E-state index in [4.69, 9.17) is 14.2 Å².